The Bertz CT molecular complexity index is 760. The van der Waals surface area contributed by atoms with Crippen molar-refractivity contribution in [1.82, 2.24) is 10.2 Å². The molecular weight excluding hydrogens is 324 g/mol. The summed E-state index contributed by atoms with van der Waals surface area (Å²) in [4.78, 5) is 2.52. The number of para-hydroxylation sites is 1. The number of nitrogens with zero attached hydrogens (tertiary/aromatic N) is 1. The van der Waals surface area contributed by atoms with E-state index >= 15 is 0 Å². The molecule has 2 aromatic carbocycles. The van der Waals surface area contributed by atoms with Gasteiger partial charge in [-0.2, -0.15) is 0 Å². The molecule has 0 aliphatic carbocycles. The molecule has 4 heteroatoms. The van der Waals surface area contributed by atoms with Crippen LogP contribution in [0.15, 0.2) is 42.5 Å². The Balaban J connectivity index is 1.52. The van der Waals surface area contributed by atoms with Gasteiger partial charge in [-0.3, -0.25) is 4.90 Å². The number of benzene rings is 2. The molecule has 0 radical (unpaired) electrons. The van der Waals surface area contributed by atoms with Crippen LogP contribution in [0.3, 0.4) is 0 Å². The van der Waals surface area contributed by atoms with Gasteiger partial charge in [-0.25, -0.2) is 0 Å². The lowest BCUT2D eigenvalue weighted by Crippen LogP contribution is -2.45. The number of hydrogen-bond donors (Lipinski definition) is 1. The summed E-state index contributed by atoms with van der Waals surface area (Å²) in [7, 11) is 0. The Labute approximate surface area is 156 Å². The van der Waals surface area contributed by atoms with E-state index < -0.39 is 0 Å². The molecule has 2 aliphatic heterocycles. The van der Waals surface area contributed by atoms with Gasteiger partial charge in [-0.15, -0.1) is 0 Å². The van der Waals surface area contributed by atoms with Crippen molar-refractivity contribution in [3.8, 4) is 11.5 Å². The third kappa shape index (κ3) is 3.57. The van der Waals surface area contributed by atoms with E-state index in [1.54, 1.807) is 0 Å². The largest absolute Gasteiger partial charge is 0.486 e. The standard InChI is InChI=1S/C22H28N2O2/c1-16(2)18-7-3-4-8-19(18)20-15-24(11-10-23-20)14-17-6-5-9-21-22(17)26-13-12-25-21/h3-9,16,20,23H,10-15H2,1-2H3. The Hall–Kier alpha value is -2.04. The number of fused-ring (bicyclic) bond motifs is 1. The predicted octanol–water partition coefficient (Wildman–Crippen LogP) is 3.73. The normalized spacial score (nSPS) is 20.3. The molecule has 1 fully saturated rings. The van der Waals surface area contributed by atoms with Gasteiger partial charge in [0.2, 0.25) is 0 Å². The van der Waals surface area contributed by atoms with E-state index in [0.29, 0.717) is 25.2 Å². The van der Waals surface area contributed by atoms with E-state index in [1.807, 2.05) is 6.07 Å². The fourth-order valence-electron chi connectivity index (χ4n) is 4.02. The summed E-state index contributed by atoms with van der Waals surface area (Å²) in [5.74, 6) is 2.34. The van der Waals surface area contributed by atoms with Crippen LogP contribution >= 0.6 is 0 Å². The molecule has 2 aliphatic rings. The lowest BCUT2D eigenvalue weighted by Gasteiger charge is -2.35. The van der Waals surface area contributed by atoms with Gasteiger partial charge < -0.3 is 14.8 Å². The highest BCUT2D eigenvalue weighted by molar-refractivity contribution is 5.47. The number of nitrogens with one attached hydrogen (secondary N) is 1. The zero-order valence-electron chi connectivity index (χ0n) is 15.7. The molecule has 26 heavy (non-hydrogen) atoms. The van der Waals surface area contributed by atoms with Crippen LogP contribution in [0.4, 0.5) is 0 Å². The van der Waals surface area contributed by atoms with Gasteiger partial charge in [-0.05, 0) is 23.1 Å². The van der Waals surface area contributed by atoms with E-state index in [2.05, 4.69) is 60.5 Å². The summed E-state index contributed by atoms with van der Waals surface area (Å²) < 4.78 is 11.6. The maximum absolute atomic E-state index is 5.89. The SMILES string of the molecule is CC(C)c1ccccc1C1CN(Cc2cccc3c2OCCO3)CCN1. The van der Waals surface area contributed by atoms with Crippen molar-refractivity contribution in [2.45, 2.75) is 32.4 Å². The summed E-state index contributed by atoms with van der Waals surface area (Å²) in [5, 5.41) is 3.71. The molecule has 0 saturated carbocycles. The first-order valence-corrected chi connectivity index (χ1v) is 9.64. The van der Waals surface area contributed by atoms with Crippen molar-refractivity contribution < 1.29 is 9.47 Å². The summed E-state index contributed by atoms with van der Waals surface area (Å²) in [6.07, 6.45) is 0. The Kier molecular flexibility index (Phi) is 5.14. The van der Waals surface area contributed by atoms with E-state index in [-0.39, 0.29) is 0 Å². The number of hydrogen-bond acceptors (Lipinski definition) is 4. The monoisotopic (exact) mass is 352 g/mol. The summed E-state index contributed by atoms with van der Waals surface area (Å²) >= 11 is 0. The molecule has 4 rings (SSSR count). The third-order valence-electron chi connectivity index (χ3n) is 5.29. The first-order chi connectivity index (χ1) is 12.7. The van der Waals surface area contributed by atoms with Crippen molar-refractivity contribution in [3.63, 3.8) is 0 Å². The minimum absolute atomic E-state index is 0.374. The maximum Gasteiger partial charge on any atom is 0.165 e. The van der Waals surface area contributed by atoms with Crippen LogP contribution in [0.5, 0.6) is 11.5 Å². The molecule has 1 N–H and O–H groups in total. The van der Waals surface area contributed by atoms with Crippen LogP contribution in [0.1, 0.15) is 42.5 Å². The molecule has 0 amide bonds. The zero-order chi connectivity index (χ0) is 17.9. The summed E-state index contributed by atoms with van der Waals surface area (Å²) in [5.41, 5.74) is 4.10. The van der Waals surface area contributed by atoms with Gasteiger partial charge in [0.15, 0.2) is 11.5 Å². The van der Waals surface area contributed by atoms with E-state index in [4.69, 9.17) is 9.47 Å². The molecule has 0 bridgehead atoms. The average molecular weight is 352 g/mol. The van der Waals surface area contributed by atoms with Crippen LogP contribution in [0, 0.1) is 0 Å². The molecule has 1 saturated heterocycles. The number of ether oxygens (including phenoxy) is 2. The van der Waals surface area contributed by atoms with Crippen LogP contribution < -0.4 is 14.8 Å². The molecule has 0 spiro atoms. The molecular formula is C22H28N2O2. The quantitative estimate of drug-likeness (QED) is 0.909. The predicted molar refractivity (Wildman–Crippen MR) is 104 cm³/mol. The van der Waals surface area contributed by atoms with Crippen LogP contribution in [0.2, 0.25) is 0 Å². The van der Waals surface area contributed by atoms with Crippen LogP contribution in [-0.2, 0) is 6.54 Å². The second-order valence-electron chi connectivity index (χ2n) is 7.47. The number of piperazine rings is 1. The average Bonchev–Trinajstić information content (AvgIpc) is 2.68. The fourth-order valence-corrected chi connectivity index (χ4v) is 4.02. The highest BCUT2D eigenvalue weighted by Crippen LogP contribution is 2.35. The zero-order valence-corrected chi connectivity index (χ0v) is 15.7. The topological polar surface area (TPSA) is 33.7 Å². The van der Waals surface area contributed by atoms with Crippen molar-refractivity contribution in [2.75, 3.05) is 32.8 Å². The minimum atomic E-state index is 0.374. The maximum atomic E-state index is 5.89. The smallest absolute Gasteiger partial charge is 0.165 e. The Morgan fingerprint density at radius 1 is 1.08 bits per heavy atom. The number of rotatable bonds is 4. The van der Waals surface area contributed by atoms with E-state index in [1.165, 1.54) is 16.7 Å². The van der Waals surface area contributed by atoms with Gasteiger partial charge in [0.1, 0.15) is 13.2 Å². The van der Waals surface area contributed by atoms with Crippen LogP contribution in [0.25, 0.3) is 0 Å². The lowest BCUT2D eigenvalue weighted by atomic mass is 9.92. The van der Waals surface area contributed by atoms with E-state index in [9.17, 15) is 0 Å². The second kappa shape index (κ2) is 7.68. The van der Waals surface area contributed by atoms with E-state index in [0.717, 1.165) is 37.7 Å². The van der Waals surface area contributed by atoms with Crippen molar-refractivity contribution >= 4 is 0 Å². The van der Waals surface area contributed by atoms with Crippen LogP contribution in [-0.4, -0.2) is 37.7 Å². The summed E-state index contributed by atoms with van der Waals surface area (Å²) in [6, 6.07) is 15.4. The van der Waals surface area contributed by atoms with Crippen molar-refractivity contribution in [1.29, 1.82) is 0 Å². The molecule has 2 aromatic rings. The molecule has 0 aromatic heterocycles. The van der Waals surface area contributed by atoms with Gasteiger partial charge in [0, 0.05) is 37.8 Å². The first kappa shape index (κ1) is 17.4. The minimum Gasteiger partial charge on any atom is -0.486 e. The van der Waals surface area contributed by atoms with Gasteiger partial charge in [0.25, 0.3) is 0 Å². The lowest BCUT2D eigenvalue weighted by molar-refractivity contribution is 0.160. The molecule has 1 atom stereocenters. The fraction of sp³-hybridized carbons (Fsp3) is 0.455. The molecule has 2 heterocycles. The highest BCUT2D eigenvalue weighted by Gasteiger charge is 2.25. The first-order valence-electron chi connectivity index (χ1n) is 9.64. The summed E-state index contributed by atoms with van der Waals surface area (Å²) in [6.45, 7) is 9.77. The highest BCUT2D eigenvalue weighted by atomic mass is 16.6. The second-order valence-corrected chi connectivity index (χ2v) is 7.47. The van der Waals surface area contributed by atoms with Gasteiger partial charge in [-0.1, -0.05) is 50.2 Å². The van der Waals surface area contributed by atoms with Crippen molar-refractivity contribution in [3.05, 3.63) is 59.2 Å². The Morgan fingerprint density at radius 2 is 1.92 bits per heavy atom. The Morgan fingerprint density at radius 3 is 2.81 bits per heavy atom. The van der Waals surface area contributed by atoms with Gasteiger partial charge >= 0.3 is 0 Å². The third-order valence-corrected chi connectivity index (χ3v) is 5.29. The van der Waals surface area contributed by atoms with Crippen molar-refractivity contribution in [2.24, 2.45) is 0 Å². The molecule has 138 valence electrons. The molecule has 1 unspecified atom stereocenters. The molecule has 4 nitrogen and oxygen atoms in total. The van der Waals surface area contributed by atoms with Gasteiger partial charge in [0.05, 0.1) is 0 Å².